The average Bonchev–Trinajstić information content (AvgIpc) is 3.08. The number of fused-ring (bicyclic) bond motifs is 1. The first-order chi connectivity index (χ1) is 15.6. The van der Waals surface area contributed by atoms with Crippen LogP contribution in [0.4, 0.5) is 10.5 Å². The van der Waals surface area contributed by atoms with Crippen LogP contribution in [0, 0.1) is 6.92 Å². The smallest absolute Gasteiger partial charge is 0.322 e. The number of anilines is 1. The van der Waals surface area contributed by atoms with Crippen LogP contribution in [0.5, 0.6) is 0 Å². The fourth-order valence-corrected chi connectivity index (χ4v) is 4.33. The molecule has 33 heavy (non-hydrogen) atoms. The summed E-state index contributed by atoms with van der Waals surface area (Å²) in [5.41, 5.74) is 3.43. The monoisotopic (exact) mass is 448 g/mol. The van der Waals surface area contributed by atoms with E-state index in [1.54, 1.807) is 30.1 Å². The van der Waals surface area contributed by atoms with Crippen molar-refractivity contribution < 1.29 is 19.2 Å². The van der Waals surface area contributed by atoms with E-state index in [4.69, 9.17) is 0 Å². The van der Waals surface area contributed by atoms with Gasteiger partial charge in [-0.05, 0) is 56.5 Å². The van der Waals surface area contributed by atoms with Crippen LogP contribution < -0.4 is 10.6 Å². The van der Waals surface area contributed by atoms with Gasteiger partial charge < -0.3 is 15.1 Å². The van der Waals surface area contributed by atoms with Crippen LogP contribution in [0.1, 0.15) is 53.7 Å². The molecule has 0 radical (unpaired) electrons. The molecule has 1 saturated heterocycles. The first-order valence-corrected chi connectivity index (χ1v) is 11.0. The average molecular weight is 449 g/mol. The van der Waals surface area contributed by atoms with Gasteiger partial charge in [-0.15, -0.1) is 0 Å². The summed E-state index contributed by atoms with van der Waals surface area (Å²) in [5.74, 6) is -1.00. The van der Waals surface area contributed by atoms with Crippen molar-refractivity contribution in [2.45, 2.75) is 51.7 Å². The third-order valence-electron chi connectivity index (χ3n) is 6.64. The quantitative estimate of drug-likeness (QED) is 0.702. The number of aryl methyl sites for hydroxylation is 1. The maximum absolute atomic E-state index is 13.0. The lowest BCUT2D eigenvalue weighted by Gasteiger charge is -2.36. The Morgan fingerprint density at radius 1 is 1.15 bits per heavy atom. The summed E-state index contributed by atoms with van der Waals surface area (Å²) in [6.45, 7) is 6.25. The zero-order valence-corrected chi connectivity index (χ0v) is 19.3. The number of rotatable bonds is 4. The van der Waals surface area contributed by atoms with Crippen LogP contribution in [0.25, 0.3) is 0 Å². The minimum absolute atomic E-state index is 0.209. The molecule has 2 N–H and O–H groups in total. The molecule has 2 aliphatic heterocycles. The number of carbonyl (C=O) groups is 4. The molecule has 2 aliphatic rings. The van der Waals surface area contributed by atoms with E-state index >= 15 is 0 Å². The van der Waals surface area contributed by atoms with Crippen molar-refractivity contribution in [3.8, 4) is 0 Å². The van der Waals surface area contributed by atoms with Crippen molar-refractivity contribution in [2.24, 2.45) is 0 Å². The highest BCUT2D eigenvalue weighted by Gasteiger charge is 2.39. The molecule has 2 heterocycles. The second-order valence-electron chi connectivity index (χ2n) is 9.19. The second-order valence-corrected chi connectivity index (χ2v) is 9.19. The number of piperidine rings is 1. The number of nitrogens with one attached hydrogen (secondary N) is 2. The van der Waals surface area contributed by atoms with Crippen molar-refractivity contribution in [3.05, 3.63) is 64.7 Å². The Kier molecular flexibility index (Phi) is 5.69. The molecule has 1 unspecified atom stereocenters. The lowest BCUT2D eigenvalue weighted by molar-refractivity contribution is -0.136. The highest BCUT2D eigenvalue weighted by atomic mass is 16.2. The molecule has 0 aromatic heterocycles. The summed E-state index contributed by atoms with van der Waals surface area (Å²) in [6, 6.07) is 12.3. The maximum Gasteiger partial charge on any atom is 0.322 e. The molecule has 0 spiro atoms. The maximum atomic E-state index is 13.0. The van der Waals surface area contributed by atoms with Gasteiger partial charge in [0, 0.05) is 31.3 Å². The third-order valence-corrected chi connectivity index (χ3v) is 6.64. The van der Waals surface area contributed by atoms with Crippen molar-refractivity contribution in [1.82, 2.24) is 15.1 Å². The van der Waals surface area contributed by atoms with Gasteiger partial charge in [0.1, 0.15) is 6.04 Å². The molecule has 5 amide bonds. The number of benzene rings is 2. The summed E-state index contributed by atoms with van der Waals surface area (Å²) < 4.78 is 0. The molecule has 1 fully saturated rings. The molecule has 0 bridgehead atoms. The van der Waals surface area contributed by atoms with Crippen LogP contribution in [0.2, 0.25) is 0 Å². The minimum atomic E-state index is -0.665. The lowest BCUT2D eigenvalue weighted by atomic mass is 9.91. The van der Waals surface area contributed by atoms with Gasteiger partial charge in [-0.3, -0.25) is 19.7 Å². The highest BCUT2D eigenvalue weighted by Crippen LogP contribution is 2.31. The van der Waals surface area contributed by atoms with Gasteiger partial charge in [0.05, 0.1) is 5.54 Å². The van der Waals surface area contributed by atoms with Gasteiger partial charge >= 0.3 is 6.03 Å². The fourth-order valence-electron chi connectivity index (χ4n) is 4.33. The number of nitrogens with zero attached hydrogens (tertiary/aromatic N) is 2. The van der Waals surface area contributed by atoms with E-state index in [0.29, 0.717) is 17.7 Å². The van der Waals surface area contributed by atoms with E-state index < -0.39 is 17.5 Å². The molecule has 0 aliphatic carbocycles. The number of hydrogen-bond acceptors (Lipinski definition) is 4. The molecule has 2 aromatic carbocycles. The van der Waals surface area contributed by atoms with Crippen LogP contribution in [0.15, 0.2) is 42.5 Å². The molecule has 172 valence electrons. The molecule has 2 aromatic rings. The number of imide groups is 1. The van der Waals surface area contributed by atoms with Gasteiger partial charge in [0.2, 0.25) is 11.8 Å². The van der Waals surface area contributed by atoms with Crippen molar-refractivity contribution in [2.75, 3.05) is 12.4 Å². The molecule has 1 atom stereocenters. The first kappa shape index (κ1) is 22.5. The summed E-state index contributed by atoms with van der Waals surface area (Å²) in [5, 5.41) is 5.22. The number of amides is 5. The van der Waals surface area contributed by atoms with E-state index in [0.717, 1.165) is 16.7 Å². The standard InChI is InChI=1S/C25H28N4O4/c1-15-6-5-7-17(12-15)25(2,3)28(4)24(33)26-18-8-9-19-16(13-18)14-29(23(19)32)20-10-11-21(30)27-22(20)31/h5-9,12-13,20H,10-11,14H2,1-4H3,(H,26,33)(H,27,30,31). The van der Waals surface area contributed by atoms with E-state index in [2.05, 4.69) is 16.7 Å². The first-order valence-electron chi connectivity index (χ1n) is 11.0. The van der Waals surface area contributed by atoms with Gasteiger partial charge in [0.25, 0.3) is 5.91 Å². The van der Waals surface area contributed by atoms with Crippen molar-refractivity contribution >= 4 is 29.4 Å². The lowest BCUT2D eigenvalue weighted by Crippen LogP contribution is -2.52. The van der Waals surface area contributed by atoms with E-state index in [9.17, 15) is 19.2 Å². The molecule has 8 nitrogen and oxygen atoms in total. The fraction of sp³-hybridized carbons (Fsp3) is 0.360. The Balaban J connectivity index is 1.48. The van der Waals surface area contributed by atoms with Gasteiger partial charge in [-0.2, -0.15) is 0 Å². The predicted octanol–water partition coefficient (Wildman–Crippen LogP) is 3.16. The van der Waals surface area contributed by atoms with Crippen LogP contribution in [0.3, 0.4) is 0 Å². The van der Waals surface area contributed by atoms with E-state index in [-0.39, 0.29) is 30.8 Å². The van der Waals surface area contributed by atoms with Gasteiger partial charge in [0.15, 0.2) is 0 Å². The molecular formula is C25H28N4O4. The molecular weight excluding hydrogens is 420 g/mol. The Labute approximate surface area is 192 Å². The molecule has 8 heteroatoms. The van der Waals surface area contributed by atoms with Crippen molar-refractivity contribution in [3.63, 3.8) is 0 Å². The molecule has 0 saturated carbocycles. The SMILES string of the molecule is Cc1cccc(C(C)(C)N(C)C(=O)Nc2ccc3c(c2)CN(C2CCC(=O)NC2=O)C3=O)c1. The summed E-state index contributed by atoms with van der Waals surface area (Å²) in [6.07, 6.45) is 0.522. The van der Waals surface area contributed by atoms with E-state index in [1.165, 1.54) is 4.90 Å². The normalized spacial score (nSPS) is 18.1. The largest absolute Gasteiger partial charge is 0.322 e. The predicted molar refractivity (Wildman–Crippen MR) is 123 cm³/mol. The Hall–Kier alpha value is -3.68. The third kappa shape index (κ3) is 4.20. The minimum Gasteiger partial charge on any atom is -0.322 e. The number of carbonyl (C=O) groups excluding carboxylic acids is 4. The van der Waals surface area contributed by atoms with Gasteiger partial charge in [-0.25, -0.2) is 4.79 Å². The molecule has 4 rings (SSSR count). The zero-order chi connectivity index (χ0) is 23.9. The highest BCUT2D eigenvalue weighted by molar-refractivity contribution is 6.05. The van der Waals surface area contributed by atoms with Crippen LogP contribution in [-0.2, 0) is 21.7 Å². The zero-order valence-electron chi connectivity index (χ0n) is 19.3. The Morgan fingerprint density at radius 3 is 2.61 bits per heavy atom. The van der Waals surface area contributed by atoms with Crippen LogP contribution >= 0.6 is 0 Å². The van der Waals surface area contributed by atoms with E-state index in [1.807, 2.05) is 39.0 Å². The van der Waals surface area contributed by atoms with Crippen LogP contribution in [-0.4, -0.2) is 46.6 Å². The Bertz CT molecular complexity index is 1160. The summed E-state index contributed by atoms with van der Waals surface area (Å²) in [4.78, 5) is 52.7. The number of urea groups is 1. The second kappa shape index (κ2) is 8.35. The summed E-state index contributed by atoms with van der Waals surface area (Å²) in [7, 11) is 1.75. The summed E-state index contributed by atoms with van der Waals surface area (Å²) >= 11 is 0. The Morgan fingerprint density at radius 2 is 1.91 bits per heavy atom. The van der Waals surface area contributed by atoms with Gasteiger partial charge in [-0.1, -0.05) is 29.8 Å². The topological polar surface area (TPSA) is 98.8 Å². The number of hydrogen-bond donors (Lipinski definition) is 2. The van der Waals surface area contributed by atoms with Crippen molar-refractivity contribution in [1.29, 1.82) is 0 Å².